The van der Waals surface area contributed by atoms with E-state index in [1.807, 2.05) is 0 Å². The lowest BCUT2D eigenvalue weighted by Gasteiger charge is -2.38. The van der Waals surface area contributed by atoms with Crippen molar-refractivity contribution in [2.24, 2.45) is 0 Å². The highest BCUT2D eigenvalue weighted by molar-refractivity contribution is 7.90. The van der Waals surface area contributed by atoms with Gasteiger partial charge < -0.3 is 15.5 Å². The van der Waals surface area contributed by atoms with Crippen molar-refractivity contribution in [3.8, 4) is 0 Å². The molecule has 1 unspecified atom stereocenters. The van der Waals surface area contributed by atoms with Crippen LogP contribution in [0.25, 0.3) is 0 Å². The van der Waals surface area contributed by atoms with Crippen LogP contribution in [0.5, 0.6) is 0 Å². The van der Waals surface area contributed by atoms with E-state index < -0.39 is 68.9 Å². The number of amides is 3. The van der Waals surface area contributed by atoms with E-state index in [-0.39, 0.29) is 17.1 Å². The fourth-order valence-corrected chi connectivity index (χ4v) is 5.45. The van der Waals surface area contributed by atoms with Crippen molar-refractivity contribution in [1.29, 1.82) is 0 Å². The van der Waals surface area contributed by atoms with Gasteiger partial charge in [0, 0.05) is 31.0 Å². The molecule has 1 heterocycles. The van der Waals surface area contributed by atoms with Crippen LogP contribution in [0.4, 0.5) is 32.0 Å². The molecule has 8 nitrogen and oxygen atoms in total. The van der Waals surface area contributed by atoms with Crippen LogP contribution >= 0.6 is 0 Å². The quantitative estimate of drug-likeness (QED) is 0.451. The third-order valence-corrected chi connectivity index (χ3v) is 7.81. The Bertz CT molecular complexity index is 1480. The van der Waals surface area contributed by atoms with Gasteiger partial charge in [-0.25, -0.2) is 8.42 Å². The Hall–Kier alpha value is -3.62. The first-order valence-corrected chi connectivity index (χ1v) is 14.3. The molecule has 0 saturated heterocycles. The number of nitrogens with zero attached hydrogens (tertiary/aromatic N) is 1. The predicted molar refractivity (Wildman–Crippen MR) is 140 cm³/mol. The summed E-state index contributed by atoms with van der Waals surface area (Å²) in [5.74, 6) is -2.82. The van der Waals surface area contributed by atoms with E-state index in [1.165, 1.54) is 45.9 Å². The molecule has 42 heavy (non-hydrogen) atoms. The number of alkyl halides is 6. The molecular formula is C27H29F6N3O5S. The third-order valence-electron chi connectivity index (χ3n) is 6.70. The molecule has 2 aromatic rings. The fraction of sp³-hybridized carbons (Fsp3) is 0.444. The molecule has 15 heteroatoms. The standard InChI is InChI=1S/C27H29F6N3O5S/c1-15(37)36-14-16-12-19(42(5,40)41)10-11-20(16)22(36)23(39)34-18-8-6-17(7-9-18)25(26(28,29)30,27(31,32)33)13-21(38)35-24(2,3)4/h6-12,22H,13-14H2,1-5H3,(H,34,39)(H,35,38). The van der Waals surface area contributed by atoms with Crippen molar-refractivity contribution < 1.29 is 49.1 Å². The van der Waals surface area contributed by atoms with Gasteiger partial charge in [0.25, 0.3) is 5.91 Å². The Kier molecular flexibility index (Phi) is 8.53. The molecule has 0 bridgehead atoms. The summed E-state index contributed by atoms with van der Waals surface area (Å²) in [6.45, 7) is 5.31. The number of carbonyl (C=O) groups is 3. The van der Waals surface area contributed by atoms with E-state index in [1.54, 1.807) is 0 Å². The summed E-state index contributed by atoms with van der Waals surface area (Å²) in [7, 11) is -3.59. The molecule has 3 rings (SSSR count). The first-order chi connectivity index (χ1) is 19.0. The summed E-state index contributed by atoms with van der Waals surface area (Å²) < 4.78 is 109. The summed E-state index contributed by atoms with van der Waals surface area (Å²) >= 11 is 0. The van der Waals surface area contributed by atoms with Crippen molar-refractivity contribution in [3.05, 3.63) is 59.2 Å². The SMILES string of the molecule is CC(=O)N1Cc2cc(S(C)(=O)=O)ccc2C1C(=O)Nc1ccc(C(CC(=O)NC(C)(C)C)(C(F)(F)F)C(F)(F)F)cc1. The van der Waals surface area contributed by atoms with Crippen LogP contribution in [0.2, 0.25) is 0 Å². The molecule has 2 aromatic carbocycles. The Morgan fingerprint density at radius 2 is 1.48 bits per heavy atom. The zero-order valence-corrected chi connectivity index (χ0v) is 24.0. The van der Waals surface area contributed by atoms with Gasteiger partial charge in [-0.2, -0.15) is 26.3 Å². The number of benzene rings is 2. The average Bonchev–Trinajstić information content (AvgIpc) is 3.19. The number of fused-ring (bicyclic) bond motifs is 1. The zero-order valence-electron chi connectivity index (χ0n) is 23.2. The molecule has 2 N–H and O–H groups in total. The highest BCUT2D eigenvalue weighted by atomic mass is 32.2. The number of halogens is 6. The molecule has 0 saturated carbocycles. The van der Waals surface area contributed by atoms with Crippen LogP contribution in [0.1, 0.15) is 56.8 Å². The number of sulfone groups is 1. The minimum Gasteiger partial charge on any atom is -0.351 e. The monoisotopic (exact) mass is 621 g/mol. The third kappa shape index (κ3) is 6.55. The van der Waals surface area contributed by atoms with Gasteiger partial charge in [0.2, 0.25) is 11.8 Å². The molecular weight excluding hydrogens is 592 g/mol. The summed E-state index contributed by atoms with van der Waals surface area (Å²) in [4.78, 5) is 38.9. The maximum atomic E-state index is 14.2. The van der Waals surface area contributed by atoms with E-state index in [0.717, 1.165) is 23.3 Å². The average molecular weight is 622 g/mol. The number of hydrogen-bond donors (Lipinski definition) is 2. The van der Waals surface area contributed by atoms with Crippen LogP contribution in [-0.2, 0) is 36.2 Å². The lowest BCUT2D eigenvalue weighted by molar-refractivity contribution is -0.303. The maximum absolute atomic E-state index is 14.2. The van der Waals surface area contributed by atoms with Crippen LogP contribution in [0.15, 0.2) is 47.4 Å². The number of nitrogens with one attached hydrogen (secondary N) is 2. The summed E-state index contributed by atoms with van der Waals surface area (Å²) in [6, 6.07) is 5.45. The number of hydrogen-bond acceptors (Lipinski definition) is 5. The number of anilines is 1. The van der Waals surface area contributed by atoms with Gasteiger partial charge in [-0.1, -0.05) is 18.2 Å². The normalized spacial score (nSPS) is 16.2. The van der Waals surface area contributed by atoms with Crippen molar-refractivity contribution in [2.45, 2.75) is 74.9 Å². The highest BCUT2D eigenvalue weighted by Crippen LogP contribution is 2.54. The second-order valence-electron chi connectivity index (χ2n) is 11.1. The minimum absolute atomic E-state index is 0.0320. The largest absolute Gasteiger partial charge is 0.407 e. The summed E-state index contributed by atoms with van der Waals surface area (Å²) in [5, 5.41) is 4.52. The van der Waals surface area contributed by atoms with Crippen molar-refractivity contribution in [3.63, 3.8) is 0 Å². The number of carbonyl (C=O) groups excluding carboxylic acids is 3. The second kappa shape index (κ2) is 10.9. The van der Waals surface area contributed by atoms with Crippen molar-refractivity contribution in [1.82, 2.24) is 10.2 Å². The summed E-state index contributed by atoms with van der Waals surface area (Å²) in [5.41, 5.74) is -6.36. The molecule has 0 fully saturated rings. The molecule has 230 valence electrons. The molecule has 1 atom stereocenters. The molecule has 1 aliphatic heterocycles. The van der Waals surface area contributed by atoms with Gasteiger partial charge in [0.15, 0.2) is 15.3 Å². The number of rotatable bonds is 6. The van der Waals surface area contributed by atoms with E-state index in [2.05, 4.69) is 10.6 Å². The first kappa shape index (κ1) is 32.9. The van der Waals surface area contributed by atoms with Gasteiger partial charge in [-0.3, -0.25) is 14.4 Å². The first-order valence-electron chi connectivity index (χ1n) is 12.4. The van der Waals surface area contributed by atoms with Crippen molar-refractivity contribution in [2.75, 3.05) is 11.6 Å². The van der Waals surface area contributed by atoms with Crippen LogP contribution in [0.3, 0.4) is 0 Å². The molecule has 0 spiro atoms. The van der Waals surface area contributed by atoms with Crippen LogP contribution in [-0.4, -0.2) is 55.2 Å². The lowest BCUT2D eigenvalue weighted by atomic mass is 9.75. The van der Waals surface area contributed by atoms with Crippen LogP contribution in [0, 0.1) is 0 Å². The van der Waals surface area contributed by atoms with E-state index in [9.17, 15) is 49.1 Å². The van der Waals surface area contributed by atoms with Gasteiger partial charge in [-0.05, 0) is 61.7 Å². The second-order valence-corrected chi connectivity index (χ2v) is 13.1. The zero-order chi connectivity index (χ0) is 32.1. The Morgan fingerprint density at radius 1 is 0.929 bits per heavy atom. The molecule has 0 aliphatic carbocycles. The van der Waals surface area contributed by atoms with Gasteiger partial charge in [0.05, 0.1) is 11.3 Å². The molecule has 0 radical (unpaired) electrons. The lowest BCUT2D eigenvalue weighted by Crippen LogP contribution is -2.57. The maximum Gasteiger partial charge on any atom is 0.407 e. The molecule has 1 aliphatic rings. The molecule has 3 amide bonds. The van der Waals surface area contributed by atoms with E-state index in [4.69, 9.17) is 0 Å². The Balaban J connectivity index is 1.97. The predicted octanol–water partition coefficient (Wildman–Crippen LogP) is 4.80. The highest BCUT2D eigenvalue weighted by Gasteiger charge is 2.72. The topological polar surface area (TPSA) is 113 Å². The summed E-state index contributed by atoms with van der Waals surface area (Å²) in [6.07, 6.45) is -12.8. The van der Waals surface area contributed by atoms with E-state index >= 15 is 0 Å². The Morgan fingerprint density at radius 3 is 1.93 bits per heavy atom. The van der Waals surface area contributed by atoms with Gasteiger partial charge in [0.1, 0.15) is 6.04 Å². The van der Waals surface area contributed by atoms with Gasteiger partial charge >= 0.3 is 12.4 Å². The van der Waals surface area contributed by atoms with Crippen molar-refractivity contribution >= 4 is 33.2 Å². The fourth-order valence-electron chi connectivity index (χ4n) is 4.78. The van der Waals surface area contributed by atoms with Gasteiger partial charge in [-0.15, -0.1) is 0 Å². The minimum atomic E-state index is -5.91. The smallest absolute Gasteiger partial charge is 0.351 e. The van der Waals surface area contributed by atoms with Crippen LogP contribution < -0.4 is 10.6 Å². The Labute approximate surface area is 238 Å². The molecule has 0 aromatic heterocycles. The van der Waals surface area contributed by atoms with E-state index in [0.29, 0.717) is 23.3 Å².